The Hall–Kier alpha value is -3.52. The molecule has 7 nitrogen and oxygen atoms in total. The van der Waals surface area contributed by atoms with Crippen LogP contribution in [0.2, 0.25) is 0 Å². The first kappa shape index (κ1) is 23.1. The number of carbonyl (C=O) groups is 1. The van der Waals surface area contributed by atoms with E-state index in [0.29, 0.717) is 35.0 Å². The molecule has 168 valence electrons. The van der Waals surface area contributed by atoms with Gasteiger partial charge in [-0.25, -0.2) is 8.42 Å². The highest BCUT2D eigenvalue weighted by Gasteiger charge is 2.16. The minimum Gasteiger partial charge on any atom is -0.494 e. The van der Waals surface area contributed by atoms with Crippen LogP contribution in [0.3, 0.4) is 0 Å². The number of aryl methyl sites for hydroxylation is 2. The molecule has 0 bridgehead atoms. The molecule has 0 aliphatic heterocycles. The maximum Gasteiger partial charge on any atom is 0.262 e. The summed E-state index contributed by atoms with van der Waals surface area (Å²) in [7, 11) is -3.78. The summed E-state index contributed by atoms with van der Waals surface area (Å²) in [5, 5.41) is 2.75. The summed E-state index contributed by atoms with van der Waals surface area (Å²) in [5.41, 5.74) is 2.81. The van der Waals surface area contributed by atoms with Crippen LogP contribution in [-0.4, -0.2) is 27.5 Å². The van der Waals surface area contributed by atoms with E-state index in [9.17, 15) is 13.2 Å². The molecule has 0 radical (unpaired) electrons. The molecular weight excluding hydrogens is 428 g/mol. The van der Waals surface area contributed by atoms with Gasteiger partial charge in [0.15, 0.2) is 6.61 Å². The van der Waals surface area contributed by atoms with E-state index >= 15 is 0 Å². The van der Waals surface area contributed by atoms with Crippen molar-refractivity contribution in [2.24, 2.45) is 0 Å². The van der Waals surface area contributed by atoms with E-state index in [1.807, 2.05) is 38.1 Å². The van der Waals surface area contributed by atoms with Gasteiger partial charge in [-0.2, -0.15) is 0 Å². The van der Waals surface area contributed by atoms with Gasteiger partial charge in [-0.15, -0.1) is 0 Å². The second-order valence-corrected chi connectivity index (χ2v) is 8.88. The number of benzene rings is 3. The minimum absolute atomic E-state index is 0.0975. The van der Waals surface area contributed by atoms with E-state index in [1.54, 1.807) is 37.3 Å². The highest BCUT2D eigenvalue weighted by atomic mass is 32.2. The van der Waals surface area contributed by atoms with Gasteiger partial charge in [0.2, 0.25) is 0 Å². The molecule has 1 amide bonds. The Bertz CT molecular complexity index is 1170. The van der Waals surface area contributed by atoms with E-state index < -0.39 is 10.0 Å². The number of anilines is 2. The average Bonchev–Trinajstić information content (AvgIpc) is 2.76. The van der Waals surface area contributed by atoms with Crippen molar-refractivity contribution in [1.29, 1.82) is 0 Å². The van der Waals surface area contributed by atoms with Crippen molar-refractivity contribution in [2.45, 2.75) is 25.7 Å². The molecule has 32 heavy (non-hydrogen) atoms. The summed E-state index contributed by atoms with van der Waals surface area (Å²) in [6.07, 6.45) is 0. The summed E-state index contributed by atoms with van der Waals surface area (Å²) < 4.78 is 38.9. The van der Waals surface area contributed by atoms with Crippen LogP contribution in [0.4, 0.5) is 11.4 Å². The van der Waals surface area contributed by atoms with Crippen molar-refractivity contribution in [3.8, 4) is 11.5 Å². The molecule has 0 saturated carbocycles. The Morgan fingerprint density at radius 2 is 1.53 bits per heavy atom. The zero-order valence-corrected chi connectivity index (χ0v) is 19.0. The lowest BCUT2D eigenvalue weighted by Gasteiger charge is -2.13. The van der Waals surface area contributed by atoms with Crippen LogP contribution >= 0.6 is 0 Å². The van der Waals surface area contributed by atoms with Crippen LogP contribution in [0.25, 0.3) is 0 Å². The number of carbonyl (C=O) groups excluding carboxylic acids is 1. The molecule has 0 aliphatic carbocycles. The molecule has 0 spiro atoms. The van der Waals surface area contributed by atoms with Gasteiger partial charge in [0, 0.05) is 11.4 Å². The van der Waals surface area contributed by atoms with E-state index in [2.05, 4.69) is 10.0 Å². The van der Waals surface area contributed by atoms with Gasteiger partial charge >= 0.3 is 0 Å². The molecule has 0 aromatic heterocycles. The fourth-order valence-corrected chi connectivity index (χ4v) is 4.07. The van der Waals surface area contributed by atoms with Crippen molar-refractivity contribution in [3.05, 3.63) is 77.9 Å². The van der Waals surface area contributed by atoms with Crippen LogP contribution in [-0.2, 0) is 14.8 Å². The van der Waals surface area contributed by atoms with Gasteiger partial charge in [0.05, 0.1) is 11.5 Å². The van der Waals surface area contributed by atoms with Gasteiger partial charge in [-0.3, -0.25) is 9.52 Å². The number of sulfonamides is 1. The van der Waals surface area contributed by atoms with Crippen molar-refractivity contribution in [3.63, 3.8) is 0 Å². The molecule has 2 N–H and O–H groups in total. The van der Waals surface area contributed by atoms with Crippen LogP contribution in [0.1, 0.15) is 18.1 Å². The molecule has 3 aromatic carbocycles. The zero-order chi connectivity index (χ0) is 23.1. The molecule has 0 atom stereocenters. The number of amides is 1. The van der Waals surface area contributed by atoms with Gasteiger partial charge in [-0.1, -0.05) is 17.7 Å². The lowest BCUT2D eigenvalue weighted by Crippen LogP contribution is -2.20. The summed E-state index contributed by atoms with van der Waals surface area (Å²) >= 11 is 0. The second kappa shape index (κ2) is 10.2. The van der Waals surface area contributed by atoms with Crippen LogP contribution < -0.4 is 19.5 Å². The van der Waals surface area contributed by atoms with Gasteiger partial charge in [0.25, 0.3) is 15.9 Å². The Morgan fingerprint density at radius 3 is 2.16 bits per heavy atom. The molecule has 0 heterocycles. The molecule has 0 fully saturated rings. The maximum atomic E-state index is 12.7. The van der Waals surface area contributed by atoms with Crippen molar-refractivity contribution in [1.82, 2.24) is 0 Å². The lowest BCUT2D eigenvalue weighted by atomic mass is 10.2. The molecule has 3 aromatic rings. The first-order valence-electron chi connectivity index (χ1n) is 10.1. The fraction of sp³-hybridized carbons (Fsp3) is 0.208. The van der Waals surface area contributed by atoms with Crippen LogP contribution in [0.15, 0.2) is 71.6 Å². The fourth-order valence-electron chi connectivity index (χ4n) is 2.93. The van der Waals surface area contributed by atoms with Gasteiger partial charge in [0.1, 0.15) is 11.5 Å². The molecule has 8 heteroatoms. The summed E-state index contributed by atoms with van der Waals surface area (Å²) in [6.45, 7) is 5.92. The number of ether oxygens (including phenoxy) is 2. The molecule has 0 aliphatic rings. The SMILES string of the molecule is CCOc1ccc(NS(=O)(=O)c2ccc(OCC(=O)Nc3ccc(C)cc3)c(C)c2)cc1. The van der Waals surface area contributed by atoms with Gasteiger partial charge in [-0.05, 0) is 80.9 Å². The quantitative estimate of drug-likeness (QED) is 0.496. The summed E-state index contributed by atoms with van der Waals surface area (Å²) in [6, 6.07) is 18.6. The maximum absolute atomic E-state index is 12.7. The topological polar surface area (TPSA) is 93.7 Å². The standard InChI is InChI=1S/C24H26N2O5S/c1-4-30-21-11-9-20(10-12-21)26-32(28,29)22-13-14-23(18(3)15-22)31-16-24(27)25-19-7-5-17(2)6-8-19/h5-15,26H,4,16H2,1-3H3,(H,25,27). The third-order valence-corrected chi connectivity index (χ3v) is 5.95. The predicted molar refractivity (Wildman–Crippen MR) is 125 cm³/mol. The predicted octanol–water partition coefficient (Wildman–Crippen LogP) is 4.52. The third kappa shape index (κ3) is 6.24. The summed E-state index contributed by atoms with van der Waals surface area (Å²) in [4.78, 5) is 12.2. The second-order valence-electron chi connectivity index (χ2n) is 7.19. The van der Waals surface area contributed by atoms with Gasteiger partial charge < -0.3 is 14.8 Å². The first-order chi connectivity index (χ1) is 15.3. The Balaban J connectivity index is 1.61. The molecule has 3 rings (SSSR count). The molecular formula is C24H26N2O5S. The van der Waals surface area contributed by atoms with E-state index in [4.69, 9.17) is 9.47 Å². The lowest BCUT2D eigenvalue weighted by molar-refractivity contribution is -0.118. The number of nitrogens with one attached hydrogen (secondary N) is 2. The zero-order valence-electron chi connectivity index (χ0n) is 18.2. The van der Waals surface area contributed by atoms with Crippen molar-refractivity contribution >= 4 is 27.3 Å². The Labute approximate surface area is 188 Å². The van der Waals surface area contributed by atoms with Crippen LogP contribution in [0.5, 0.6) is 11.5 Å². The number of hydrogen-bond donors (Lipinski definition) is 2. The third-order valence-electron chi connectivity index (χ3n) is 4.57. The minimum atomic E-state index is -3.78. The van der Waals surface area contributed by atoms with E-state index in [1.165, 1.54) is 12.1 Å². The summed E-state index contributed by atoms with van der Waals surface area (Å²) in [5.74, 6) is 0.797. The number of hydrogen-bond acceptors (Lipinski definition) is 5. The number of rotatable bonds is 9. The smallest absolute Gasteiger partial charge is 0.262 e. The largest absolute Gasteiger partial charge is 0.494 e. The van der Waals surface area contributed by atoms with Crippen molar-refractivity contribution in [2.75, 3.05) is 23.3 Å². The van der Waals surface area contributed by atoms with Crippen LogP contribution in [0, 0.1) is 13.8 Å². The average molecular weight is 455 g/mol. The first-order valence-corrected chi connectivity index (χ1v) is 11.6. The van der Waals surface area contributed by atoms with E-state index in [-0.39, 0.29) is 17.4 Å². The normalized spacial score (nSPS) is 11.0. The Morgan fingerprint density at radius 1 is 0.875 bits per heavy atom. The van der Waals surface area contributed by atoms with Crippen molar-refractivity contribution < 1.29 is 22.7 Å². The Kier molecular flexibility index (Phi) is 7.37. The molecule has 0 saturated heterocycles. The highest BCUT2D eigenvalue weighted by molar-refractivity contribution is 7.92. The molecule has 0 unspecified atom stereocenters. The highest BCUT2D eigenvalue weighted by Crippen LogP contribution is 2.24. The monoisotopic (exact) mass is 454 g/mol. The van der Waals surface area contributed by atoms with E-state index in [0.717, 1.165) is 5.56 Å².